The van der Waals surface area contributed by atoms with E-state index in [1.54, 1.807) is 0 Å². The number of hydrogen-bond acceptors (Lipinski definition) is 4. The van der Waals surface area contributed by atoms with E-state index in [4.69, 9.17) is 5.73 Å². The van der Waals surface area contributed by atoms with Crippen LogP contribution in [0.15, 0.2) is 33.9 Å². The third-order valence-corrected chi connectivity index (χ3v) is 6.32. The Balaban J connectivity index is 2.17. The van der Waals surface area contributed by atoms with Crippen molar-refractivity contribution in [1.82, 2.24) is 9.55 Å². The molecule has 0 atom stereocenters. The molecule has 0 fully saturated rings. The normalized spacial score (nSPS) is 11.9. The van der Waals surface area contributed by atoms with Gasteiger partial charge in [-0.2, -0.15) is 0 Å². The standard InChI is InChI=1S/C22H27N3O3S/c1-5-15-17(13-8-10-14(11-9-13)22(2,3)4)18-19(29-15)24-21(28)25(20(18)27)12-6-7-16(23)26/h8-11H,5-7,12H2,1-4H3,(H2,23,26)(H,24,28). The van der Waals surface area contributed by atoms with Gasteiger partial charge in [0.25, 0.3) is 5.56 Å². The van der Waals surface area contributed by atoms with Crippen molar-refractivity contribution in [2.45, 2.75) is 58.9 Å². The van der Waals surface area contributed by atoms with E-state index in [-0.39, 0.29) is 23.9 Å². The van der Waals surface area contributed by atoms with Gasteiger partial charge in [-0.1, -0.05) is 52.0 Å². The number of benzene rings is 1. The van der Waals surface area contributed by atoms with Gasteiger partial charge in [0.2, 0.25) is 5.91 Å². The Bertz CT molecular complexity index is 1160. The van der Waals surface area contributed by atoms with E-state index < -0.39 is 11.6 Å². The monoisotopic (exact) mass is 413 g/mol. The number of aryl methyl sites for hydroxylation is 1. The number of H-pyrrole nitrogens is 1. The molecule has 0 saturated heterocycles. The van der Waals surface area contributed by atoms with E-state index in [1.165, 1.54) is 21.5 Å². The lowest BCUT2D eigenvalue weighted by molar-refractivity contribution is -0.118. The van der Waals surface area contributed by atoms with E-state index in [1.807, 2.05) is 19.1 Å². The molecule has 1 amide bonds. The lowest BCUT2D eigenvalue weighted by Gasteiger charge is -2.19. The molecule has 0 aliphatic carbocycles. The minimum Gasteiger partial charge on any atom is -0.370 e. The number of nitrogens with one attached hydrogen (secondary N) is 1. The molecule has 3 N–H and O–H groups in total. The number of hydrogen-bond donors (Lipinski definition) is 2. The van der Waals surface area contributed by atoms with Crippen LogP contribution < -0.4 is 17.0 Å². The molecule has 29 heavy (non-hydrogen) atoms. The highest BCUT2D eigenvalue weighted by atomic mass is 32.1. The highest BCUT2D eigenvalue weighted by Crippen LogP contribution is 2.37. The van der Waals surface area contributed by atoms with Crippen molar-refractivity contribution in [2.75, 3.05) is 0 Å². The molecule has 0 aliphatic rings. The minimum absolute atomic E-state index is 0.0429. The van der Waals surface area contributed by atoms with Gasteiger partial charge < -0.3 is 5.73 Å². The van der Waals surface area contributed by atoms with Gasteiger partial charge in [0.1, 0.15) is 4.83 Å². The van der Waals surface area contributed by atoms with Gasteiger partial charge in [-0.25, -0.2) is 4.79 Å². The van der Waals surface area contributed by atoms with Crippen LogP contribution in [0, 0.1) is 0 Å². The predicted molar refractivity (Wildman–Crippen MR) is 119 cm³/mol. The van der Waals surface area contributed by atoms with Crippen molar-refractivity contribution in [2.24, 2.45) is 5.73 Å². The van der Waals surface area contributed by atoms with Crippen LogP contribution in [-0.2, 0) is 23.2 Å². The number of primary amides is 1. The van der Waals surface area contributed by atoms with E-state index in [0.29, 0.717) is 16.6 Å². The number of fused-ring (bicyclic) bond motifs is 1. The largest absolute Gasteiger partial charge is 0.370 e. The van der Waals surface area contributed by atoms with E-state index in [2.05, 4.69) is 37.9 Å². The average molecular weight is 414 g/mol. The number of thiophene rings is 1. The fourth-order valence-corrected chi connectivity index (χ4v) is 4.61. The first-order valence-corrected chi connectivity index (χ1v) is 10.6. The number of nitrogens with two attached hydrogens (primary N) is 1. The Kier molecular flexibility index (Phi) is 5.80. The summed E-state index contributed by atoms with van der Waals surface area (Å²) >= 11 is 1.45. The molecule has 7 heteroatoms. The number of amides is 1. The third-order valence-electron chi connectivity index (χ3n) is 5.07. The maximum Gasteiger partial charge on any atom is 0.329 e. The summed E-state index contributed by atoms with van der Waals surface area (Å²) < 4.78 is 1.17. The summed E-state index contributed by atoms with van der Waals surface area (Å²) in [6.45, 7) is 8.69. The van der Waals surface area contributed by atoms with E-state index in [0.717, 1.165) is 22.4 Å². The molecular formula is C22H27N3O3S. The molecule has 0 spiro atoms. The van der Waals surface area contributed by atoms with Crippen molar-refractivity contribution < 1.29 is 4.79 Å². The smallest absolute Gasteiger partial charge is 0.329 e. The molecule has 154 valence electrons. The van der Waals surface area contributed by atoms with Crippen molar-refractivity contribution in [3.63, 3.8) is 0 Å². The molecule has 2 heterocycles. The Hall–Kier alpha value is -2.67. The van der Waals surface area contributed by atoms with Crippen molar-refractivity contribution in [1.29, 1.82) is 0 Å². The summed E-state index contributed by atoms with van der Waals surface area (Å²) in [6, 6.07) is 8.27. The van der Waals surface area contributed by atoms with Crippen LogP contribution in [0.25, 0.3) is 21.3 Å². The summed E-state index contributed by atoms with van der Waals surface area (Å²) in [5.41, 5.74) is 7.52. The van der Waals surface area contributed by atoms with E-state index in [9.17, 15) is 14.4 Å². The van der Waals surface area contributed by atoms with Crippen molar-refractivity contribution in [3.8, 4) is 11.1 Å². The van der Waals surface area contributed by atoms with Crippen LogP contribution in [0.2, 0.25) is 0 Å². The summed E-state index contributed by atoms with van der Waals surface area (Å²) in [5.74, 6) is -0.445. The summed E-state index contributed by atoms with van der Waals surface area (Å²) in [4.78, 5) is 41.1. The van der Waals surface area contributed by atoms with Gasteiger partial charge in [-0.15, -0.1) is 11.3 Å². The predicted octanol–water partition coefficient (Wildman–Crippen LogP) is 3.54. The van der Waals surface area contributed by atoms with Gasteiger partial charge in [-0.3, -0.25) is 19.1 Å². The molecule has 6 nitrogen and oxygen atoms in total. The third kappa shape index (κ3) is 4.19. The molecule has 0 radical (unpaired) electrons. The number of carbonyl (C=O) groups is 1. The fraction of sp³-hybridized carbons (Fsp3) is 0.409. The zero-order chi connectivity index (χ0) is 21.3. The van der Waals surface area contributed by atoms with Crippen molar-refractivity contribution >= 4 is 27.5 Å². The number of carbonyl (C=O) groups excluding carboxylic acids is 1. The first-order chi connectivity index (χ1) is 13.6. The topological polar surface area (TPSA) is 97.9 Å². The zero-order valence-electron chi connectivity index (χ0n) is 17.3. The number of rotatable bonds is 6. The molecule has 2 aromatic heterocycles. The Morgan fingerprint density at radius 2 is 1.83 bits per heavy atom. The number of nitrogens with zero attached hydrogens (tertiary/aromatic N) is 1. The van der Waals surface area contributed by atoms with Crippen LogP contribution in [0.4, 0.5) is 0 Å². The van der Waals surface area contributed by atoms with Gasteiger partial charge >= 0.3 is 5.69 Å². The summed E-state index contributed by atoms with van der Waals surface area (Å²) in [7, 11) is 0. The first-order valence-electron chi connectivity index (χ1n) is 9.81. The fourth-order valence-electron chi connectivity index (χ4n) is 3.47. The van der Waals surface area contributed by atoms with Crippen LogP contribution in [0.3, 0.4) is 0 Å². The second-order valence-electron chi connectivity index (χ2n) is 8.24. The van der Waals surface area contributed by atoms with Crippen LogP contribution in [0.1, 0.15) is 51.0 Å². The minimum atomic E-state index is -0.453. The summed E-state index contributed by atoms with van der Waals surface area (Å²) in [6.07, 6.45) is 1.25. The maximum absolute atomic E-state index is 13.2. The van der Waals surface area contributed by atoms with Gasteiger partial charge in [0.15, 0.2) is 0 Å². The Morgan fingerprint density at radius 1 is 1.17 bits per heavy atom. The second-order valence-corrected chi connectivity index (χ2v) is 9.35. The quantitative estimate of drug-likeness (QED) is 0.647. The lowest BCUT2D eigenvalue weighted by atomic mass is 9.86. The molecule has 0 saturated carbocycles. The molecule has 0 bridgehead atoms. The van der Waals surface area contributed by atoms with Crippen LogP contribution >= 0.6 is 11.3 Å². The molecular weight excluding hydrogens is 386 g/mol. The highest BCUT2D eigenvalue weighted by Gasteiger charge is 2.20. The van der Waals surface area contributed by atoms with Gasteiger partial charge in [0, 0.05) is 23.4 Å². The van der Waals surface area contributed by atoms with Crippen molar-refractivity contribution in [3.05, 3.63) is 55.5 Å². The molecule has 0 aliphatic heterocycles. The molecule has 1 aromatic carbocycles. The average Bonchev–Trinajstić information content (AvgIpc) is 3.02. The second kappa shape index (κ2) is 7.99. The highest BCUT2D eigenvalue weighted by molar-refractivity contribution is 7.19. The van der Waals surface area contributed by atoms with E-state index >= 15 is 0 Å². The first kappa shape index (κ1) is 21.0. The van der Waals surface area contributed by atoms with Crippen LogP contribution in [-0.4, -0.2) is 15.5 Å². The Morgan fingerprint density at radius 3 is 2.38 bits per heavy atom. The SMILES string of the molecule is CCc1sc2[nH]c(=O)n(CCCC(N)=O)c(=O)c2c1-c1ccc(C(C)(C)C)cc1. The lowest BCUT2D eigenvalue weighted by Crippen LogP contribution is -2.35. The van der Waals surface area contributed by atoms with Gasteiger partial charge in [0.05, 0.1) is 5.39 Å². The molecule has 3 aromatic rings. The van der Waals surface area contributed by atoms with Gasteiger partial charge in [-0.05, 0) is 29.4 Å². The Labute approximate surface area is 173 Å². The van der Waals surface area contributed by atoms with Crippen LogP contribution in [0.5, 0.6) is 0 Å². The number of aromatic amines is 1. The zero-order valence-corrected chi connectivity index (χ0v) is 18.1. The molecule has 0 unspecified atom stereocenters. The maximum atomic E-state index is 13.2. The number of aromatic nitrogens is 2. The molecule has 3 rings (SSSR count). The summed E-state index contributed by atoms with van der Waals surface area (Å²) in [5, 5.41) is 0.536.